The topological polar surface area (TPSA) is 71.0 Å². The number of pyridine rings is 1. The van der Waals surface area contributed by atoms with Crippen molar-refractivity contribution in [3.63, 3.8) is 0 Å². The number of hydrogen-bond donors (Lipinski definition) is 2. The molecular formula is C21H29FIN5O2. The number of halogens is 2. The van der Waals surface area contributed by atoms with Crippen molar-refractivity contribution < 1.29 is 13.9 Å². The highest BCUT2D eigenvalue weighted by Gasteiger charge is 2.25. The Bertz CT molecular complexity index is 852. The molecule has 2 heterocycles. The van der Waals surface area contributed by atoms with Gasteiger partial charge in [-0.15, -0.1) is 24.0 Å². The summed E-state index contributed by atoms with van der Waals surface area (Å²) in [5, 5.41) is 6.72. The fraction of sp³-hybridized carbons (Fsp3) is 0.429. The van der Waals surface area contributed by atoms with E-state index < -0.39 is 0 Å². The molecular weight excluding hydrogens is 500 g/mol. The SMILES string of the molecule is CCNC(=NCc1ccc(OC)cc1OC)NC1CCN(c2ncccc2F)C1.I. The molecule has 3 rings (SSSR count). The molecule has 0 amide bonds. The van der Waals surface area contributed by atoms with Gasteiger partial charge in [0.2, 0.25) is 0 Å². The lowest BCUT2D eigenvalue weighted by Gasteiger charge is -2.20. The monoisotopic (exact) mass is 529 g/mol. The molecule has 1 unspecified atom stereocenters. The first kappa shape index (κ1) is 24.0. The van der Waals surface area contributed by atoms with Crippen molar-refractivity contribution in [2.45, 2.75) is 25.9 Å². The fourth-order valence-electron chi connectivity index (χ4n) is 3.34. The number of benzene rings is 1. The van der Waals surface area contributed by atoms with E-state index in [-0.39, 0.29) is 35.8 Å². The molecule has 1 aliphatic heterocycles. The second-order valence-electron chi connectivity index (χ2n) is 6.76. The second kappa shape index (κ2) is 11.8. The van der Waals surface area contributed by atoms with Crippen LogP contribution in [0.2, 0.25) is 0 Å². The van der Waals surface area contributed by atoms with Gasteiger partial charge in [0.1, 0.15) is 11.5 Å². The first-order chi connectivity index (χ1) is 14.1. The smallest absolute Gasteiger partial charge is 0.191 e. The Hall–Kier alpha value is -2.30. The standard InChI is InChI=1S/C21H28FN5O2.HI/c1-4-23-21(25-13-15-7-8-17(28-2)12-19(15)29-3)26-16-9-11-27(14-16)20-18(22)6-5-10-24-20;/h5-8,10,12,16H,4,9,11,13-14H2,1-3H3,(H2,23,25,26);1H. The summed E-state index contributed by atoms with van der Waals surface area (Å²) in [7, 11) is 3.26. The van der Waals surface area contributed by atoms with E-state index in [0.717, 1.165) is 42.5 Å². The molecule has 2 aromatic rings. The number of aromatic nitrogens is 1. The van der Waals surface area contributed by atoms with Crippen molar-refractivity contribution in [2.75, 3.05) is 38.8 Å². The van der Waals surface area contributed by atoms with Gasteiger partial charge < -0.3 is 25.0 Å². The largest absolute Gasteiger partial charge is 0.497 e. The molecule has 9 heteroatoms. The number of methoxy groups -OCH3 is 2. The third-order valence-corrected chi connectivity index (χ3v) is 4.81. The minimum absolute atomic E-state index is 0. The average Bonchev–Trinajstić information content (AvgIpc) is 3.20. The van der Waals surface area contributed by atoms with Crippen LogP contribution in [0.15, 0.2) is 41.5 Å². The van der Waals surface area contributed by atoms with E-state index in [9.17, 15) is 4.39 Å². The zero-order chi connectivity index (χ0) is 20.6. The molecule has 0 bridgehead atoms. The number of hydrogen-bond acceptors (Lipinski definition) is 5. The van der Waals surface area contributed by atoms with Crippen LogP contribution in [0.25, 0.3) is 0 Å². The Balaban J connectivity index is 0.00000320. The van der Waals surface area contributed by atoms with Crippen molar-refractivity contribution in [3.8, 4) is 11.5 Å². The van der Waals surface area contributed by atoms with Gasteiger partial charge in [-0.2, -0.15) is 0 Å². The van der Waals surface area contributed by atoms with Crippen LogP contribution in [0.4, 0.5) is 10.2 Å². The van der Waals surface area contributed by atoms with Crippen molar-refractivity contribution in [2.24, 2.45) is 4.99 Å². The molecule has 0 saturated carbocycles. The van der Waals surface area contributed by atoms with Crippen LogP contribution in [0, 0.1) is 5.82 Å². The molecule has 1 aliphatic rings. The van der Waals surface area contributed by atoms with Gasteiger partial charge >= 0.3 is 0 Å². The van der Waals surface area contributed by atoms with Crippen LogP contribution >= 0.6 is 24.0 Å². The zero-order valence-corrected chi connectivity index (χ0v) is 19.9. The molecule has 0 spiro atoms. The number of anilines is 1. The van der Waals surface area contributed by atoms with E-state index in [0.29, 0.717) is 18.9 Å². The van der Waals surface area contributed by atoms with Crippen molar-refractivity contribution in [1.29, 1.82) is 0 Å². The highest BCUT2D eigenvalue weighted by atomic mass is 127. The van der Waals surface area contributed by atoms with Crippen LogP contribution in [0.1, 0.15) is 18.9 Å². The number of guanidine groups is 1. The van der Waals surface area contributed by atoms with E-state index in [1.54, 1.807) is 26.5 Å². The maximum atomic E-state index is 14.0. The number of aliphatic imine (C=N–C) groups is 1. The molecule has 164 valence electrons. The number of nitrogens with zero attached hydrogens (tertiary/aromatic N) is 3. The Kier molecular flexibility index (Phi) is 9.41. The Morgan fingerprint density at radius 3 is 2.83 bits per heavy atom. The van der Waals surface area contributed by atoms with Gasteiger partial charge in [-0.1, -0.05) is 0 Å². The summed E-state index contributed by atoms with van der Waals surface area (Å²) in [5.41, 5.74) is 0.967. The third kappa shape index (κ3) is 6.10. The Morgan fingerprint density at radius 2 is 2.13 bits per heavy atom. The van der Waals surface area contributed by atoms with Gasteiger partial charge in [0, 0.05) is 43.5 Å². The van der Waals surface area contributed by atoms with Crippen molar-refractivity contribution in [1.82, 2.24) is 15.6 Å². The van der Waals surface area contributed by atoms with E-state index in [1.165, 1.54) is 6.07 Å². The molecule has 7 nitrogen and oxygen atoms in total. The maximum Gasteiger partial charge on any atom is 0.191 e. The summed E-state index contributed by atoms with van der Waals surface area (Å²) in [6, 6.07) is 8.90. The summed E-state index contributed by atoms with van der Waals surface area (Å²) in [6.07, 6.45) is 2.50. The zero-order valence-electron chi connectivity index (χ0n) is 17.5. The lowest BCUT2D eigenvalue weighted by molar-refractivity contribution is 0.391. The molecule has 1 saturated heterocycles. The summed E-state index contributed by atoms with van der Waals surface area (Å²) < 4.78 is 24.7. The molecule has 1 fully saturated rings. The van der Waals surface area contributed by atoms with Crippen LogP contribution in [0.3, 0.4) is 0 Å². The van der Waals surface area contributed by atoms with Gasteiger partial charge in [0.05, 0.1) is 20.8 Å². The molecule has 0 radical (unpaired) electrons. The van der Waals surface area contributed by atoms with E-state index >= 15 is 0 Å². The summed E-state index contributed by atoms with van der Waals surface area (Å²) in [6.45, 7) is 4.65. The third-order valence-electron chi connectivity index (χ3n) is 4.81. The van der Waals surface area contributed by atoms with Crippen molar-refractivity contribution in [3.05, 3.63) is 47.9 Å². The summed E-state index contributed by atoms with van der Waals surface area (Å²) in [5.74, 6) is 2.31. The average molecular weight is 529 g/mol. The molecule has 0 aliphatic carbocycles. The van der Waals surface area contributed by atoms with E-state index in [4.69, 9.17) is 14.5 Å². The van der Waals surface area contributed by atoms with Gasteiger partial charge in [0.25, 0.3) is 0 Å². The highest BCUT2D eigenvalue weighted by molar-refractivity contribution is 14.0. The summed E-state index contributed by atoms with van der Waals surface area (Å²) in [4.78, 5) is 10.8. The van der Waals surface area contributed by atoms with Gasteiger partial charge in [-0.05, 0) is 37.6 Å². The highest BCUT2D eigenvalue weighted by Crippen LogP contribution is 2.25. The van der Waals surface area contributed by atoms with Gasteiger partial charge in [-0.3, -0.25) is 0 Å². The minimum Gasteiger partial charge on any atom is -0.497 e. The lowest BCUT2D eigenvalue weighted by Crippen LogP contribution is -2.44. The van der Waals surface area contributed by atoms with Crippen LogP contribution in [-0.2, 0) is 6.54 Å². The van der Waals surface area contributed by atoms with Crippen LogP contribution in [0.5, 0.6) is 11.5 Å². The first-order valence-electron chi connectivity index (χ1n) is 9.75. The van der Waals surface area contributed by atoms with Gasteiger partial charge in [0.15, 0.2) is 17.6 Å². The van der Waals surface area contributed by atoms with E-state index in [2.05, 4.69) is 15.6 Å². The van der Waals surface area contributed by atoms with Crippen molar-refractivity contribution >= 4 is 35.8 Å². The Labute approximate surface area is 194 Å². The molecule has 2 N–H and O–H groups in total. The van der Waals surface area contributed by atoms with Crippen LogP contribution < -0.4 is 25.0 Å². The molecule has 1 aromatic carbocycles. The summed E-state index contributed by atoms with van der Waals surface area (Å²) >= 11 is 0. The molecule has 1 aromatic heterocycles. The van der Waals surface area contributed by atoms with Gasteiger partial charge in [-0.25, -0.2) is 14.4 Å². The lowest BCUT2D eigenvalue weighted by atomic mass is 10.2. The normalized spacial score (nSPS) is 16.1. The minimum atomic E-state index is -0.291. The second-order valence-corrected chi connectivity index (χ2v) is 6.76. The fourth-order valence-corrected chi connectivity index (χ4v) is 3.34. The maximum absolute atomic E-state index is 14.0. The predicted molar refractivity (Wildman–Crippen MR) is 128 cm³/mol. The molecule has 1 atom stereocenters. The number of rotatable bonds is 7. The number of nitrogens with one attached hydrogen (secondary N) is 2. The van der Waals surface area contributed by atoms with E-state index in [1.807, 2.05) is 30.0 Å². The molecule has 30 heavy (non-hydrogen) atoms. The number of ether oxygens (including phenoxy) is 2. The van der Waals surface area contributed by atoms with Crippen LogP contribution in [-0.4, -0.2) is 50.8 Å². The predicted octanol–water partition coefficient (Wildman–Crippen LogP) is 3.19. The Morgan fingerprint density at radius 1 is 1.30 bits per heavy atom. The quantitative estimate of drug-likeness (QED) is 0.326. The first-order valence-corrected chi connectivity index (χ1v) is 9.75.